The Kier molecular flexibility index (Phi) is 1.50. The third-order valence-corrected chi connectivity index (χ3v) is 1.78. The summed E-state index contributed by atoms with van der Waals surface area (Å²) in [5, 5.41) is 2.98. The van der Waals surface area contributed by atoms with Gasteiger partial charge in [0.05, 0.1) is 5.69 Å². The summed E-state index contributed by atoms with van der Waals surface area (Å²) in [7, 11) is 0. The van der Waals surface area contributed by atoms with Crippen LogP contribution in [0.3, 0.4) is 0 Å². The van der Waals surface area contributed by atoms with Gasteiger partial charge in [0.15, 0.2) is 5.75 Å². The smallest absolute Gasteiger partial charge is 0.330 e. The fourth-order valence-corrected chi connectivity index (χ4v) is 1.20. The molecule has 0 fully saturated rings. The minimum atomic E-state index is -0.230. The van der Waals surface area contributed by atoms with Crippen LogP contribution in [-0.2, 0) is 4.79 Å². The molecule has 1 heterocycles. The summed E-state index contributed by atoms with van der Waals surface area (Å²) in [5.41, 5.74) is 2.05. The molecule has 0 aromatic heterocycles. The number of carbonyl (C=O) groups is 1. The van der Waals surface area contributed by atoms with Gasteiger partial charge >= 0.3 is 5.97 Å². The van der Waals surface area contributed by atoms with Gasteiger partial charge in [-0.05, 0) is 24.6 Å². The van der Waals surface area contributed by atoms with Gasteiger partial charge in [0.1, 0.15) is 6.54 Å². The molecular formula is C9H9NO2. The van der Waals surface area contributed by atoms with Gasteiger partial charge in [0.25, 0.3) is 0 Å². The van der Waals surface area contributed by atoms with Crippen LogP contribution in [0.15, 0.2) is 18.2 Å². The van der Waals surface area contributed by atoms with Gasteiger partial charge in [0, 0.05) is 0 Å². The van der Waals surface area contributed by atoms with E-state index in [1.165, 1.54) is 0 Å². The number of fused-ring (bicyclic) bond motifs is 1. The lowest BCUT2D eigenvalue weighted by Crippen LogP contribution is -2.24. The van der Waals surface area contributed by atoms with Crippen molar-refractivity contribution in [2.75, 3.05) is 11.9 Å². The molecule has 0 bridgehead atoms. The van der Waals surface area contributed by atoms with Gasteiger partial charge in [-0.25, -0.2) is 4.79 Å². The van der Waals surface area contributed by atoms with Crippen LogP contribution in [0.25, 0.3) is 0 Å². The van der Waals surface area contributed by atoms with Crippen molar-refractivity contribution in [3.8, 4) is 5.75 Å². The van der Waals surface area contributed by atoms with Crippen molar-refractivity contribution in [2.45, 2.75) is 6.92 Å². The lowest BCUT2D eigenvalue weighted by molar-refractivity contribution is -0.132. The minimum Gasteiger partial charge on any atom is -0.423 e. The molecule has 0 atom stereocenters. The van der Waals surface area contributed by atoms with E-state index >= 15 is 0 Å². The molecular weight excluding hydrogens is 154 g/mol. The van der Waals surface area contributed by atoms with Crippen molar-refractivity contribution in [2.24, 2.45) is 0 Å². The van der Waals surface area contributed by atoms with Crippen molar-refractivity contribution in [1.82, 2.24) is 0 Å². The Balaban J connectivity index is 2.43. The molecule has 0 spiro atoms. The molecule has 0 aliphatic carbocycles. The zero-order valence-electron chi connectivity index (χ0n) is 6.76. The molecule has 3 nitrogen and oxygen atoms in total. The maximum absolute atomic E-state index is 10.8. The quantitative estimate of drug-likeness (QED) is 0.463. The third-order valence-electron chi connectivity index (χ3n) is 1.78. The molecule has 0 unspecified atom stereocenters. The molecule has 12 heavy (non-hydrogen) atoms. The molecule has 0 saturated carbocycles. The number of hydrogen-bond acceptors (Lipinski definition) is 3. The van der Waals surface area contributed by atoms with Crippen LogP contribution in [0, 0.1) is 6.92 Å². The average molecular weight is 163 g/mol. The van der Waals surface area contributed by atoms with Gasteiger partial charge in [-0.2, -0.15) is 0 Å². The van der Waals surface area contributed by atoms with E-state index in [-0.39, 0.29) is 12.5 Å². The first kappa shape index (κ1) is 7.16. The van der Waals surface area contributed by atoms with E-state index in [9.17, 15) is 4.79 Å². The highest BCUT2D eigenvalue weighted by atomic mass is 16.5. The lowest BCUT2D eigenvalue weighted by atomic mass is 10.2. The number of carbonyl (C=O) groups excluding carboxylic acids is 1. The molecule has 2 rings (SSSR count). The lowest BCUT2D eigenvalue weighted by Gasteiger charge is -2.17. The fraction of sp³-hybridized carbons (Fsp3) is 0.222. The van der Waals surface area contributed by atoms with Crippen LogP contribution in [0.1, 0.15) is 5.56 Å². The largest absolute Gasteiger partial charge is 0.423 e. The summed E-state index contributed by atoms with van der Waals surface area (Å²) in [4.78, 5) is 10.8. The van der Waals surface area contributed by atoms with Crippen LogP contribution >= 0.6 is 0 Å². The number of nitrogens with one attached hydrogen (secondary N) is 1. The Morgan fingerprint density at radius 3 is 3.17 bits per heavy atom. The molecule has 1 aliphatic rings. The third kappa shape index (κ3) is 1.13. The van der Waals surface area contributed by atoms with Crippen LogP contribution in [0.5, 0.6) is 5.75 Å². The summed E-state index contributed by atoms with van der Waals surface area (Å²) in [6.07, 6.45) is 0. The van der Waals surface area contributed by atoms with E-state index < -0.39 is 0 Å². The van der Waals surface area contributed by atoms with Crippen LogP contribution in [0.2, 0.25) is 0 Å². The van der Waals surface area contributed by atoms with Crippen molar-refractivity contribution >= 4 is 11.7 Å². The van der Waals surface area contributed by atoms with Gasteiger partial charge in [-0.15, -0.1) is 0 Å². The van der Waals surface area contributed by atoms with E-state index in [1.807, 2.05) is 19.1 Å². The van der Waals surface area contributed by atoms with Crippen molar-refractivity contribution < 1.29 is 9.53 Å². The zero-order valence-corrected chi connectivity index (χ0v) is 6.76. The first-order valence-corrected chi connectivity index (χ1v) is 3.81. The number of esters is 1. The number of anilines is 1. The summed E-state index contributed by atoms with van der Waals surface area (Å²) in [6.45, 7) is 2.26. The molecule has 3 heteroatoms. The van der Waals surface area contributed by atoms with E-state index in [0.29, 0.717) is 5.75 Å². The molecule has 1 aromatic rings. The predicted molar refractivity (Wildman–Crippen MR) is 45.3 cm³/mol. The summed E-state index contributed by atoms with van der Waals surface area (Å²) >= 11 is 0. The normalized spacial score (nSPS) is 14.6. The Labute approximate surface area is 70.3 Å². The summed E-state index contributed by atoms with van der Waals surface area (Å²) < 4.78 is 4.99. The Bertz CT molecular complexity index is 333. The standard InChI is InChI=1S/C9H9NO2/c1-6-2-3-8-7(4-6)10-5-9(11)12-8/h2-4,10H,5H2,1H3. The summed E-state index contributed by atoms with van der Waals surface area (Å²) in [6, 6.07) is 5.68. The van der Waals surface area contributed by atoms with Gasteiger partial charge in [-0.3, -0.25) is 0 Å². The minimum absolute atomic E-state index is 0.230. The molecule has 62 valence electrons. The van der Waals surface area contributed by atoms with Crippen molar-refractivity contribution in [1.29, 1.82) is 0 Å². The predicted octanol–water partition coefficient (Wildman–Crippen LogP) is 1.33. The average Bonchev–Trinajstić information content (AvgIpc) is 2.05. The Hall–Kier alpha value is -1.51. The molecule has 1 N–H and O–H groups in total. The van der Waals surface area contributed by atoms with E-state index in [4.69, 9.17) is 4.74 Å². The van der Waals surface area contributed by atoms with E-state index in [0.717, 1.165) is 11.3 Å². The number of rotatable bonds is 0. The second kappa shape index (κ2) is 2.52. The van der Waals surface area contributed by atoms with Gasteiger partial charge in [-0.1, -0.05) is 6.07 Å². The highest BCUT2D eigenvalue weighted by Gasteiger charge is 2.15. The van der Waals surface area contributed by atoms with Crippen LogP contribution in [0.4, 0.5) is 5.69 Å². The molecule has 1 aromatic carbocycles. The second-order valence-corrected chi connectivity index (χ2v) is 2.83. The number of hydrogen-bond donors (Lipinski definition) is 1. The van der Waals surface area contributed by atoms with Gasteiger partial charge < -0.3 is 10.1 Å². The van der Waals surface area contributed by atoms with Crippen molar-refractivity contribution in [3.63, 3.8) is 0 Å². The highest BCUT2D eigenvalue weighted by molar-refractivity contribution is 5.83. The monoisotopic (exact) mass is 163 g/mol. The molecule has 0 saturated heterocycles. The Morgan fingerprint density at radius 1 is 1.50 bits per heavy atom. The SMILES string of the molecule is Cc1ccc2c(c1)NCC(=O)O2. The number of aryl methyl sites for hydroxylation is 1. The maximum Gasteiger partial charge on any atom is 0.330 e. The second-order valence-electron chi connectivity index (χ2n) is 2.83. The number of benzene rings is 1. The molecule has 0 amide bonds. The summed E-state index contributed by atoms with van der Waals surface area (Å²) in [5.74, 6) is 0.392. The topological polar surface area (TPSA) is 38.3 Å². The highest BCUT2D eigenvalue weighted by Crippen LogP contribution is 2.27. The number of ether oxygens (including phenoxy) is 1. The molecule has 1 aliphatic heterocycles. The van der Waals surface area contributed by atoms with Crippen LogP contribution < -0.4 is 10.1 Å². The molecule has 0 radical (unpaired) electrons. The maximum atomic E-state index is 10.8. The fourth-order valence-electron chi connectivity index (χ4n) is 1.20. The Morgan fingerprint density at radius 2 is 2.33 bits per heavy atom. The van der Waals surface area contributed by atoms with E-state index in [2.05, 4.69) is 5.32 Å². The van der Waals surface area contributed by atoms with Gasteiger partial charge in [0.2, 0.25) is 0 Å². The van der Waals surface area contributed by atoms with E-state index in [1.54, 1.807) is 6.07 Å². The first-order chi connectivity index (χ1) is 5.75. The van der Waals surface area contributed by atoms with Crippen molar-refractivity contribution in [3.05, 3.63) is 23.8 Å². The zero-order chi connectivity index (χ0) is 8.55. The first-order valence-electron chi connectivity index (χ1n) is 3.81. The van der Waals surface area contributed by atoms with Crippen LogP contribution in [-0.4, -0.2) is 12.5 Å².